The van der Waals surface area contributed by atoms with Crippen molar-refractivity contribution in [2.24, 2.45) is 7.05 Å². The summed E-state index contributed by atoms with van der Waals surface area (Å²) < 4.78 is 41.0. The van der Waals surface area contributed by atoms with Gasteiger partial charge in [-0.25, -0.2) is 0 Å². The van der Waals surface area contributed by atoms with Crippen molar-refractivity contribution in [2.45, 2.75) is 44.9 Å². The topological polar surface area (TPSA) is 64.7 Å². The minimum absolute atomic E-state index is 0.236. The highest BCUT2D eigenvalue weighted by molar-refractivity contribution is 5.92. The van der Waals surface area contributed by atoms with Gasteiger partial charge >= 0.3 is 6.18 Å². The number of alkyl halides is 3. The van der Waals surface area contributed by atoms with Gasteiger partial charge in [-0.05, 0) is 26.2 Å². The van der Waals surface area contributed by atoms with Crippen molar-refractivity contribution < 1.29 is 18.0 Å². The van der Waals surface area contributed by atoms with Crippen molar-refractivity contribution >= 4 is 5.91 Å². The quantitative estimate of drug-likeness (QED) is 0.933. The molecule has 0 saturated heterocycles. The Morgan fingerprint density at radius 1 is 1.46 bits per heavy atom. The van der Waals surface area contributed by atoms with E-state index < -0.39 is 17.8 Å². The SMILES string of the molecule is CCn1ncc2c1CCCC2NC(=O)c1cc(C(F)(F)F)n(C)n1. The molecule has 1 aliphatic carbocycles. The summed E-state index contributed by atoms with van der Waals surface area (Å²) in [5.74, 6) is -0.608. The van der Waals surface area contributed by atoms with Gasteiger partial charge in [0.05, 0.1) is 12.2 Å². The maximum atomic E-state index is 12.8. The van der Waals surface area contributed by atoms with Crippen molar-refractivity contribution in [3.8, 4) is 0 Å². The van der Waals surface area contributed by atoms with Crippen LogP contribution in [0.15, 0.2) is 12.3 Å². The van der Waals surface area contributed by atoms with E-state index in [0.29, 0.717) is 4.68 Å². The lowest BCUT2D eigenvalue weighted by Crippen LogP contribution is -2.31. The zero-order chi connectivity index (χ0) is 17.5. The number of aryl methyl sites for hydroxylation is 2. The van der Waals surface area contributed by atoms with Gasteiger partial charge in [-0.3, -0.25) is 14.2 Å². The lowest BCUT2D eigenvalue weighted by Gasteiger charge is -2.23. The second-order valence-corrected chi connectivity index (χ2v) is 5.82. The molecule has 2 aromatic rings. The largest absolute Gasteiger partial charge is 0.433 e. The van der Waals surface area contributed by atoms with E-state index in [-0.39, 0.29) is 11.7 Å². The molecule has 24 heavy (non-hydrogen) atoms. The maximum Gasteiger partial charge on any atom is 0.433 e. The summed E-state index contributed by atoms with van der Waals surface area (Å²) in [6.07, 6.45) is -0.312. The first-order valence-corrected chi connectivity index (χ1v) is 7.78. The van der Waals surface area contributed by atoms with Gasteiger partial charge in [0, 0.05) is 30.9 Å². The van der Waals surface area contributed by atoms with Crippen LogP contribution in [-0.4, -0.2) is 25.5 Å². The summed E-state index contributed by atoms with van der Waals surface area (Å²) in [4.78, 5) is 12.3. The fourth-order valence-electron chi connectivity index (χ4n) is 3.12. The first-order chi connectivity index (χ1) is 11.3. The molecule has 130 valence electrons. The molecule has 0 bridgehead atoms. The summed E-state index contributed by atoms with van der Waals surface area (Å²) in [6.45, 7) is 2.73. The molecule has 1 amide bonds. The highest BCUT2D eigenvalue weighted by Gasteiger charge is 2.36. The number of aromatic nitrogens is 4. The van der Waals surface area contributed by atoms with Crippen LogP contribution in [0.2, 0.25) is 0 Å². The zero-order valence-electron chi connectivity index (χ0n) is 13.4. The first-order valence-electron chi connectivity index (χ1n) is 7.78. The van der Waals surface area contributed by atoms with Crippen molar-refractivity contribution in [1.29, 1.82) is 0 Å². The first kappa shape index (κ1) is 16.5. The van der Waals surface area contributed by atoms with Crippen LogP contribution in [-0.2, 0) is 26.2 Å². The molecule has 1 N–H and O–H groups in total. The van der Waals surface area contributed by atoms with Crippen LogP contribution in [0.25, 0.3) is 0 Å². The number of carbonyl (C=O) groups excluding carboxylic acids is 1. The average molecular weight is 341 g/mol. The Labute approximate surface area is 136 Å². The molecule has 6 nitrogen and oxygen atoms in total. The second-order valence-electron chi connectivity index (χ2n) is 5.82. The van der Waals surface area contributed by atoms with Crippen LogP contribution < -0.4 is 5.32 Å². The molecule has 3 rings (SSSR count). The lowest BCUT2D eigenvalue weighted by molar-refractivity contribution is -0.143. The van der Waals surface area contributed by atoms with Crippen molar-refractivity contribution in [3.63, 3.8) is 0 Å². The van der Waals surface area contributed by atoms with Crippen LogP contribution in [0.3, 0.4) is 0 Å². The van der Waals surface area contributed by atoms with Gasteiger partial charge in [0.25, 0.3) is 5.91 Å². The molecule has 1 aliphatic rings. The molecule has 0 aliphatic heterocycles. The lowest BCUT2D eigenvalue weighted by atomic mass is 9.93. The molecule has 0 saturated carbocycles. The summed E-state index contributed by atoms with van der Waals surface area (Å²) in [5, 5.41) is 10.8. The van der Waals surface area contributed by atoms with E-state index in [4.69, 9.17) is 0 Å². The van der Waals surface area contributed by atoms with Crippen molar-refractivity contribution in [3.05, 3.63) is 34.9 Å². The summed E-state index contributed by atoms with van der Waals surface area (Å²) in [6, 6.07) is 0.520. The van der Waals surface area contributed by atoms with E-state index in [9.17, 15) is 18.0 Å². The molecule has 0 radical (unpaired) electrons. The molecule has 2 heterocycles. The predicted octanol–water partition coefficient (Wildman–Crippen LogP) is 2.46. The standard InChI is InChI=1S/C15H18F3N5O/c1-3-23-12-6-4-5-10(9(12)8-19-23)20-14(24)11-7-13(15(16,17)18)22(2)21-11/h7-8,10H,3-6H2,1-2H3,(H,20,24). The zero-order valence-corrected chi connectivity index (χ0v) is 13.4. The Bertz CT molecular complexity index is 762. The minimum atomic E-state index is -4.54. The van der Waals surface area contributed by atoms with Gasteiger partial charge in [0.2, 0.25) is 0 Å². The highest BCUT2D eigenvalue weighted by atomic mass is 19.4. The Kier molecular flexibility index (Phi) is 4.10. The van der Waals surface area contributed by atoms with E-state index in [1.165, 1.54) is 7.05 Å². The normalized spacial score (nSPS) is 17.6. The monoisotopic (exact) mass is 341 g/mol. The smallest absolute Gasteiger partial charge is 0.344 e. The molecular formula is C15H18F3N5O. The van der Waals surface area contributed by atoms with Gasteiger partial charge in [-0.2, -0.15) is 23.4 Å². The number of hydrogen-bond donors (Lipinski definition) is 1. The Balaban J connectivity index is 1.81. The number of fused-ring (bicyclic) bond motifs is 1. The van der Waals surface area contributed by atoms with Crippen molar-refractivity contribution in [2.75, 3.05) is 0 Å². The number of hydrogen-bond acceptors (Lipinski definition) is 3. The molecular weight excluding hydrogens is 323 g/mol. The number of nitrogens with zero attached hydrogens (tertiary/aromatic N) is 4. The number of rotatable bonds is 3. The molecule has 0 fully saturated rings. The van der Waals surface area contributed by atoms with Gasteiger partial charge in [-0.15, -0.1) is 0 Å². The third kappa shape index (κ3) is 2.90. The van der Waals surface area contributed by atoms with Gasteiger partial charge < -0.3 is 5.32 Å². The minimum Gasteiger partial charge on any atom is -0.344 e. The van der Waals surface area contributed by atoms with Crippen LogP contribution in [0.1, 0.15) is 53.2 Å². The third-order valence-corrected chi connectivity index (χ3v) is 4.27. The number of amides is 1. The molecule has 0 aromatic carbocycles. The van der Waals surface area contributed by atoms with Gasteiger partial charge in [-0.1, -0.05) is 0 Å². The fourth-order valence-corrected chi connectivity index (χ4v) is 3.12. The number of nitrogens with one attached hydrogen (secondary N) is 1. The van der Waals surface area contributed by atoms with E-state index in [1.54, 1.807) is 6.20 Å². The maximum absolute atomic E-state index is 12.8. The van der Waals surface area contributed by atoms with Crippen LogP contribution >= 0.6 is 0 Å². The highest BCUT2D eigenvalue weighted by Crippen LogP contribution is 2.31. The average Bonchev–Trinajstić information content (AvgIpc) is 3.10. The molecule has 2 aromatic heterocycles. The Morgan fingerprint density at radius 2 is 2.21 bits per heavy atom. The Hall–Kier alpha value is -2.32. The molecule has 1 unspecified atom stereocenters. The van der Waals surface area contributed by atoms with E-state index in [0.717, 1.165) is 43.1 Å². The summed E-state index contributed by atoms with van der Waals surface area (Å²) in [7, 11) is 1.17. The van der Waals surface area contributed by atoms with Crippen molar-refractivity contribution in [1.82, 2.24) is 24.9 Å². The predicted molar refractivity (Wildman–Crippen MR) is 79.3 cm³/mol. The summed E-state index contributed by atoms with van der Waals surface area (Å²) in [5.41, 5.74) is 0.824. The van der Waals surface area contributed by atoms with Gasteiger partial charge in [0.15, 0.2) is 5.69 Å². The van der Waals surface area contributed by atoms with E-state index >= 15 is 0 Å². The molecule has 0 spiro atoms. The summed E-state index contributed by atoms with van der Waals surface area (Å²) >= 11 is 0. The Morgan fingerprint density at radius 3 is 2.83 bits per heavy atom. The second kappa shape index (κ2) is 5.95. The molecule has 9 heteroatoms. The van der Waals surface area contributed by atoms with E-state index in [1.807, 2.05) is 11.6 Å². The van der Waals surface area contributed by atoms with Gasteiger partial charge in [0.1, 0.15) is 5.69 Å². The fraction of sp³-hybridized carbons (Fsp3) is 0.533. The van der Waals surface area contributed by atoms with Crippen LogP contribution in [0, 0.1) is 0 Å². The van der Waals surface area contributed by atoms with Crippen LogP contribution in [0.5, 0.6) is 0 Å². The van der Waals surface area contributed by atoms with E-state index in [2.05, 4.69) is 15.5 Å². The molecule has 1 atom stereocenters. The number of carbonyl (C=O) groups is 1. The third-order valence-electron chi connectivity index (χ3n) is 4.27. The number of halogens is 3. The van der Waals surface area contributed by atoms with Crippen LogP contribution in [0.4, 0.5) is 13.2 Å².